The van der Waals surface area contributed by atoms with Crippen LogP contribution in [0.15, 0.2) is 66.9 Å². The fraction of sp³-hybridized carbons (Fsp3) is 0.130. The molecule has 4 rings (SSSR count). The molecule has 0 saturated heterocycles. The van der Waals surface area contributed by atoms with Gasteiger partial charge in [-0.2, -0.15) is 10.2 Å². The zero-order chi connectivity index (χ0) is 21.8. The van der Waals surface area contributed by atoms with E-state index in [0.29, 0.717) is 23.6 Å². The summed E-state index contributed by atoms with van der Waals surface area (Å²) in [5.41, 5.74) is 4.11. The van der Waals surface area contributed by atoms with Crippen molar-refractivity contribution in [1.29, 1.82) is 0 Å². The summed E-state index contributed by atoms with van der Waals surface area (Å²) >= 11 is 0. The maximum Gasteiger partial charge on any atom is 0.278 e. The minimum Gasteiger partial charge on any atom is -0.321 e. The number of H-pyrrole nitrogens is 1. The van der Waals surface area contributed by atoms with Crippen LogP contribution < -0.4 is 10.6 Å². The standard InChI is InChI=1S/C23H22N6O2/c1-3-29-14-20(21(28-29)23(31)24-17-7-5-4-6-8-17)25-22(30)19-13-18(26-27-19)16-11-9-15(2)10-12-16/h4-14H,3H2,1-2H3,(H,24,31)(H,25,30)(H,26,27). The third-order valence-electron chi connectivity index (χ3n) is 4.75. The first kappa shape index (κ1) is 20.1. The van der Waals surface area contributed by atoms with Crippen LogP contribution >= 0.6 is 0 Å². The van der Waals surface area contributed by atoms with E-state index in [9.17, 15) is 9.59 Å². The van der Waals surface area contributed by atoms with Crippen molar-refractivity contribution in [2.24, 2.45) is 0 Å². The maximum absolute atomic E-state index is 12.8. The molecule has 8 heteroatoms. The Morgan fingerprint density at radius 2 is 1.74 bits per heavy atom. The Labute approximate surface area is 179 Å². The molecule has 0 spiro atoms. The largest absolute Gasteiger partial charge is 0.321 e. The normalized spacial score (nSPS) is 10.6. The summed E-state index contributed by atoms with van der Waals surface area (Å²) in [5, 5.41) is 16.8. The van der Waals surface area contributed by atoms with E-state index in [2.05, 4.69) is 25.9 Å². The van der Waals surface area contributed by atoms with Crippen molar-refractivity contribution in [3.8, 4) is 11.3 Å². The minimum atomic E-state index is -0.407. The zero-order valence-electron chi connectivity index (χ0n) is 17.2. The predicted octanol–water partition coefficient (Wildman–Crippen LogP) is 4.11. The van der Waals surface area contributed by atoms with Crippen LogP contribution in [-0.2, 0) is 6.54 Å². The van der Waals surface area contributed by atoms with Crippen molar-refractivity contribution in [1.82, 2.24) is 20.0 Å². The van der Waals surface area contributed by atoms with Crippen LogP contribution in [0.2, 0.25) is 0 Å². The Kier molecular flexibility index (Phi) is 5.61. The number of rotatable bonds is 6. The number of nitrogens with zero attached hydrogens (tertiary/aromatic N) is 3. The second kappa shape index (κ2) is 8.66. The lowest BCUT2D eigenvalue weighted by molar-refractivity contribution is 0.102. The van der Waals surface area contributed by atoms with Crippen molar-refractivity contribution >= 4 is 23.2 Å². The monoisotopic (exact) mass is 414 g/mol. The van der Waals surface area contributed by atoms with Gasteiger partial charge in [-0.15, -0.1) is 0 Å². The number of aromatic amines is 1. The van der Waals surface area contributed by atoms with Gasteiger partial charge in [0.1, 0.15) is 5.69 Å². The number of benzene rings is 2. The summed E-state index contributed by atoms with van der Waals surface area (Å²) in [6.07, 6.45) is 1.63. The molecule has 2 aromatic carbocycles. The topological polar surface area (TPSA) is 105 Å². The second-order valence-electron chi connectivity index (χ2n) is 7.05. The average molecular weight is 414 g/mol. The van der Waals surface area contributed by atoms with Gasteiger partial charge < -0.3 is 10.6 Å². The van der Waals surface area contributed by atoms with Gasteiger partial charge in [-0.05, 0) is 32.0 Å². The van der Waals surface area contributed by atoms with E-state index in [4.69, 9.17) is 0 Å². The Morgan fingerprint density at radius 3 is 2.45 bits per heavy atom. The molecular formula is C23H22N6O2. The lowest BCUT2D eigenvalue weighted by Gasteiger charge is -2.05. The van der Waals surface area contributed by atoms with E-state index in [1.54, 1.807) is 29.1 Å². The van der Waals surface area contributed by atoms with E-state index in [1.165, 1.54) is 0 Å². The number of hydrogen-bond donors (Lipinski definition) is 3. The Morgan fingerprint density at radius 1 is 1.00 bits per heavy atom. The van der Waals surface area contributed by atoms with Crippen molar-refractivity contribution < 1.29 is 9.59 Å². The van der Waals surface area contributed by atoms with E-state index in [-0.39, 0.29) is 11.4 Å². The first-order valence-corrected chi connectivity index (χ1v) is 9.91. The summed E-state index contributed by atoms with van der Waals surface area (Å²) in [7, 11) is 0. The summed E-state index contributed by atoms with van der Waals surface area (Å²) in [6.45, 7) is 4.47. The Hall–Kier alpha value is -4.20. The van der Waals surface area contributed by atoms with Crippen LogP contribution in [0.1, 0.15) is 33.5 Å². The highest BCUT2D eigenvalue weighted by Gasteiger charge is 2.20. The SMILES string of the molecule is CCn1cc(NC(=O)c2cc(-c3ccc(C)cc3)n[nH]2)c(C(=O)Nc2ccccc2)n1. The van der Waals surface area contributed by atoms with E-state index in [0.717, 1.165) is 11.1 Å². The molecule has 31 heavy (non-hydrogen) atoms. The zero-order valence-corrected chi connectivity index (χ0v) is 17.2. The molecule has 8 nitrogen and oxygen atoms in total. The van der Waals surface area contributed by atoms with Crippen LogP contribution in [0.3, 0.4) is 0 Å². The van der Waals surface area contributed by atoms with Crippen molar-refractivity contribution in [3.63, 3.8) is 0 Å². The van der Waals surface area contributed by atoms with Gasteiger partial charge in [-0.3, -0.25) is 19.4 Å². The molecule has 0 saturated carbocycles. The third-order valence-corrected chi connectivity index (χ3v) is 4.75. The molecule has 0 atom stereocenters. The van der Waals surface area contributed by atoms with Crippen molar-refractivity contribution in [3.05, 3.63) is 83.8 Å². The first-order chi connectivity index (χ1) is 15.0. The van der Waals surface area contributed by atoms with Crippen LogP contribution in [0.5, 0.6) is 0 Å². The fourth-order valence-electron chi connectivity index (χ4n) is 3.05. The van der Waals surface area contributed by atoms with Gasteiger partial charge in [-0.25, -0.2) is 0 Å². The number of hydrogen-bond acceptors (Lipinski definition) is 4. The molecule has 0 aliphatic rings. The highest BCUT2D eigenvalue weighted by molar-refractivity contribution is 6.11. The Balaban J connectivity index is 1.53. The average Bonchev–Trinajstić information content (AvgIpc) is 3.42. The molecule has 2 amide bonds. The molecular weight excluding hydrogens is 392 g/mol. The molecule has 0 radical (unpaired) electrons. The Bertz CT molecular complexity index is 1210. The molecule has 2 heterocycles. The van der Waals surface area contributed by atoms with Gasteiger partial charge in [0.25, 0.3) is 11.8 Å². The molecule has 2 aromatic heterocycles. The molecule has 0 aliphatic carbocycles. The van der Waals surface area contributed by atoms with E-state index in [1.807, 2.05) is 56.3 Å². The van der Waals surface area contributed by atoms with Gasteiger partial charge in [0.15, 0.2) is 5.69 Å². The number of amides is 2. The third kappa shape index (κ3) is 4.53. The van der Waals surface area contributed by atoms with E-state index < -0.39 is 11.8 Å². The molecule has 0 unspecified atom stereocenters. The molecule has 156 valence electrons. The van der Waals surface area contributed by atoms with Crippen LogP contribution in [0.25, 0.3) is 11.3 Å². The molecule has 4 aromatic rings. The quantitative estimate of drug-likeness (QED) is 0.442. The summed E-state index contributed by atoms with van der Waals surface area (Å²) in [5.74, 6) is -0.811. The number of anilines is 2. The summed E-state index contributed by atoms with van der Waals surface area (Å²) in [4.78, 5) is 25.5. The fourth-order valence-corrected chi connectivity index (χ4v) is 3.05. The van der Waals surface area contributed by atoms with Gasteiger partial charge in [-0.1, -0.05) is 48.0 Å². The smallest absolute Gasteiger partial charge is 0.278 e. The van der Waals surface area contributed by atoms with Gasteiger partial charge in [0, 0.05) is 24.0 Å². The number of aromatic nitrogens is 4. The predicted molar refractivity (Wildman–Crippen MR) is 119 cm³/mol. The number of aryl methyl sites for hydroxylation is 2. The van der Waals surface area contributed by atoms with Crippen LogP contribution in [-0.4, -0.2) is 31.8 Å². The molecule has 3 N–H and O–H groups in total. The second-order valence-corrected chi connectivity index (χ2v) is 7.05. The molecule has 0 bridgehead atoms. The lowest BCUT2D eigenvalue weighted by atomic mass is 10.1. The number of para-hydroxylation sites is 1. The van der Waals surface area contributed by atoms with Crippen LogP contribution in [0.4, 0.5) is 11.4 Å². The van der Waals surface area contributed by atoms with Gasteiger partial charge >= 0.3 is 0 Å². The van der Waals surface area contributed by atoms with E-state index >= 15 is 0 Å². The van der Waals surface area contributed by atoms with Crippen molar-refractivity contribution in [2.75, 3.05) is 10.6 Å². The maximum atomic E-state index is 12.8. The van der Waals surface area contributed by atoms with Crippen LogP contribution in [0, 0.1) is 6.92 Å². The van der Waals surface area contributed by atoms with Gasteiger partial charge in [0.2, 0.25) is 0 Å². The summed E-state index contributed by atoms with van der Waals surface area (Å²) < 4.78 is 1.60. The summed E-state index contributed by atoms with van der Waals surface area (Å²) in [6, 6.07) is 18.6. The highest BCUT2D eigenvalue weighted by atomic mass is 16.2. The number of nitrogens with one attached hydrogen (secondary N) is 3. The molecule has 0 fully saturated rings. The minimum absolute atomic E-state index is 0.136. The van der Waals surface area contributed by atoms with Gasteiger partial charge in [0.05, 0.1) is 11.4 Å². The highest BCUT2D eigenvalue weighted by Crippen LogP contribution is 2.20. The first-order valence-electron chi connectivity index (χ1n) is 9.91. The van der Waals surface area contributed by atoms with Crippen molar-refractivity contribution in [2.45, 2.75) is 20.4 Å². The lowest BCUT2D eigenvalue weighted by Crippen LogP contribution is -2.18. The molecule has 0 aliphatic heterocycles. The number of carbonyl (C=O) groups is 2. The number of carbonyl (C=O) groups excluding carboxylic acids is 2.